The lowest BCUT2D eigenvalue weighted by atomic mass is 10.3. The molecule has 0 aliphatic heterocycles. The summed E-state index contributed by atoms with van der Waals surface area (Å²) in [6, 6.07) is 14.8. The summed E-state index contributed by atoms with van der Waals surface area (Å²) in [7, 11) is 1.61. The molecule has 0 spiro atoms. The number of benzene rings is 2. The molecule has 0 saturated carbocycles. The number of methoxy groups -OCH3 is 1. The maximum atomic E-state index is 5.68. The lowest BCUT2D eigenvalue weighted by Crippen LogP contribution is -1.90. The number of ether oxygens (including phenoxy) is 2. The Morgan fingerprint density at radius 2 is 1.69 bits per heavy atom. The van der Waals surface area contributed by atoms with Crippen LogP contribution in [0.2, 0.25) is 0 Å². The van der Waals surface area contributed by atoms with E-state index in [-0.39, 0.29) is 0 Å². The van der Waals surface area contributed by atoms with Crippen LogP contribution >= 0.6 is 0 Å². The Balaban J connectivity index is 2.26. The summed E-state index contributed by atoms with van der Waals surface area (Å²) in [5, 5.41) is 0. The first-order valence-corrected chi connectivity index (χ1v) is 4.96. The summed E-state index contributed by atoms with van der Waals surface area (Å²) in [6.45, 7) is 0. The van der Waals surface area contributed by atoms with Gasteiger partial charge in [-0.2, -0.15) is 0 Å². The molecular formula is C13H13NO2. The lowest BCUT2D eigenvalue weighted by Gasteiger charge is -2.09. The molecule has 0 aromatic heterocycles. The van der Waals surface area contributed by atoms with Crippen LogP contribution < -0.4 is 15.2 Å². The molecule has 0 amide bonds. The molecule has 2 aromatic rings. The summed E-state index contributed by atoms with van der Waals surface area (Å²) < 4.78 is 10.9. The molecule has 0 saturated heterocycles. The Labute approximate surface area is 94.4 Å². The lowest BCUT2D eigenvalue weighted by molar-refractivity contribution is 0.379. The van der Waals surface area contributed by atoms with Gasteiger partial charge in [-0.05, 0) is 24.3 Å². The maximum absolute atomic E-state index is 5.68. The molecule has 3 heteroatoms. The van der Waals surface area contributed by atoms with E-state index in [1.54, 1.807) is 13.2 Å². The molecule has 0 bridgehead atoms. The molecule has 0 aliphatic carbocycles. The molecule has 0 radical (unpaired) electrons. The molecular weight excluding hydrogens is 202 g/mol. The zero-order valence-electron chi connectivity index (χ0n) is 9.01. The van der Waals surface area contributed by atoms with Crippen molar-refractivity contribution in [1.82, 2.24) is 0 Å². The number of rotatable bonds is 3. The predicted molar refractivity (Wildman–Crippen MR) is 63.9 cm³/mol. The highest BCUT2D eigenvalue weighted by Crippen LogP contribution is 2.31. The van der Waals surface area contributed by atoms with Gasteiger partial charge in [-0.1, -0.05) is 18.2 Å². The zero-order chi connectivity index (χ0) is 11.4. The van der Waals surface area contributed by atoms with E-state index in [9.17, 15) is 0 Å². The quantitative estimate of drug-likeness (QED) is 0.800. The third-order valence-corrected chi connectivity index (χ3v) is 2.15. The van der Waals surface area contributed by atoms with Gasteiger partial charge < -0.3 is 15.2 Å². The van der Waals surface area contributed by atoms with Crippen molar-refractivity contribution in [2.75, 3.05) is 12.8 Å². The molecule has 0 atom stereocenters. The molecule has 82 valence electrons. The maximum Gasteiger partial charge on any atom is 0.169 e. The molecule has 3 nitrogen and oxygen atoms in total. The summed E-state index contributed by atoms with van der Waals surface area (Å²) in [5.41, 5.74) is 6.35. The van der Waals surface area contributed by atoms with E-state index < -0.39 is 0 Å². The first-order valence-electron chi connectivity index (χ1n) is 4.96. The van der Waals surface area contributed by atoms with Crippen LogP contribution in [0.5, 0.6) is 17.2 Å². The summed E-state index contributed by atoms with van der Waals surface area (Å²) >= 11 is 0. The summed E-state index contributed by atoms with van der Waals surface area (Å²) in [6.07, 6.45) is 0. The minimum Gasteiger partial charge on any atom is -0.493 e. The minimum atomic E-state index is 0.674. The fourth-order valence-corrected chi connectivity index (χ4v) is 1.41. The van der Waals surface area contributed by atoms with Crippen LogP contribution in [0.3, 0.4) is 0 Å². The van der Waals surface area contributed by atoms with Gasteiger partial charge in [-0.25, -0.2) is 0 Å². The zero-order valence-corrected chi connectivity index (χ0v) is 9.01. The van der Waals surface area contributed by atoms with Gasteiger partial charge in [0, 0.05) is 11.8 Å². The fraction of sp³-hybridized carbons (Fsp3) is 0.0769. The average molecular weight is 215 g/mol. The second-order valence-corrected chi connectivity index (χ2v) is 3.33. The smallest absolute Gasteiger partial charge is 0.169 e. The van der Waals surface area contributed by atoms with Crippen LogP contribution in [0.4, 0.5) is 5.69 Å². The standard InChI is InChI=1S/C13H13NO2/c1-15-12-7-2-3-8-13(12)16-11-6-4-5-10(14)9-11/h2-9H,14H2,1H3. The SMILES string of the molecule is COc1ccccc1Oc1cccc(N)c1. The van der Waals surface area contributed by atoms with Crippen molar-refractivity contribution < 1.29 is 9.47 Å². The van der Waals surface area contributed by atoms with E-state index in [1.807, 2.05) is 42.5 Å². The third kappa shape index (κ3) is 2.25. The number of nitrogen functional groups attached to an aromatic ring is 1. The Kier molecular flexibility index (Phi) is 2.96. The second-order valence-electron chi connectivity index (χ2n) is 3.33. The van der Waals surface area contributed by atoms with Crippen molar-refractivity contribution >= 4 is 5.69 Å². The minimum absolute atomic E-state index is 0.674. The Morgan fingerprint density at radius 1 is 0.938 bits per heavy atom. The molecule has 16 heavy (non-hydrogen) atoms. The molecule has 0 aliphatic rings. The molecule has 0 fully saturated rings. The van der Waals surface area contributed by atoms with Crippen LogP contribution in [0.1, 0.15) is 0 Å². The summed E-state index contributed by atoms with van der Waals surface area (Å²) in [5.74, 6) is 2.07. The molecule has 2 N–H and O–H groups in total. The van der Waals surface area contributed by atoms with Crippen molar-refractivity contribution in [2.45, 2.75) is 0 Å². The first-order chi connectivity index (χ1) is 7.79. The van der Waals surface area contributed by atoms with Crippen LogP contribution in [0.25, 0.3) is 0 Å². The van der Waals surface area contributed by atoms with Crippen LogP contribution in [-0.4, -0.2) is 7.11 Å². The first kappa shape index (κ1) is 10.4. The highest BCUT2D eigenvalue weighted by molar-refractivity contribution is 5.47. The number of hydrogen-bond acceptors (Lipinski definition) is 3. The monoisotopic (exact) mass is 215 g/mol. The van der Waals surface area contributed by atoms with Crippen molar-refractivity contribution in [1.29, 1.82) is 0 Å². The van der Waals surface area contributed by atoms with Gasteiger partial charge in [-0.3, -0.25) is 0 Å². The van der Waals surface area contributed by atoms with E-state index in [4.69, 9.17) is 15.2 Å². The summed E-state index contributed by atoms with van der Waals surface area (Å²) in [4.78, 5) is 0. The molecule has 0 heterocycles. The topological polar surface area (TPSA) is 44.5 Å². The molecule has 2 rings (SSSR count). The molecule has 0 unspecified atom stereocenters. The average Bonchev–Trinajstić information content (AvgIpc) is 2.30. The number of nitrogens with two attached hydrogens (primary N) is 1. The van der Waals surface area contributed by atoms with Crippen molar-refractivity contribution in [2.24, 2.45) is 0 Å². The highest BCUT2D eigenvalue weighted by atomic mass is 16.5. The van der Waals surface area contributed by atoms with E-state index in [0.29, 0.717) is 22.9 Å². The Hall–Kier alpha value is -2.16. The second kappa shape index (κ2) is 4.57. The Bertz CT molecular complexity index is 483. The van der Waals surface area contributed by atoms with Crippen molar-refractivity contribution in [3.63, 3.8) is 0 Å². The van der Waals surface area contributed by atoms with Crippen molar-refractivity contribution in [3.8, 4) is 17.2 Å². The fourth-order valence-electron chi connectivity index (χ4n) is 1.41. The van der Waals surface area contributed by atoms with E-state index in [0.717, 1.165) is 0 Å². The number of para-hydroxylation sites is 2. The largest absolute Gasteiger partial charge is 0.493 e. The van der Waals surface area contributed by atoms with Gasteiger partial charge in [0.1, 0.15) is 5.75 Å². The van der Waals surface area contributed by atoms with Gasteiger partial charge in [0.05, 0.1) is 7.11 Å². The van der Waals surface area contributed by atoms with Crippen molar-refractivity contribution in [3.05, 3.63) is 48.5 Å². The van der Waals surface area contributed by atoms with Gasteiger partial charge >= 0.3 is 0 Å². The number of anilines is 1. The predicted octanol–water partition coefficient (Wildman–Crippen LogP) is 3.07. The van der Waals surface area contributed by atoms with Crippen LogP contribution in [-0.2, 0) is 0 Å². The van der Waals surface area contributed by atoms with Gasteiger partial charge in [0.2, 0.25) is 0 Å². The van der Waals surface area contributed by atoms with E-state index >= 15 is 0 Å². The van der Waals surface area contributed by atoms with Crippen LogP contribution in [0.15, 0.2) is 48.5 Å². The van der Waals surface area contributed by atoms with E-state index in [1.165, 1.54) is 0 Å². The third-order valence-electron chi connectivity index (χ3n) is 2.15. The van der Waals surface area contributed by atoms with Crippen LogP contribution in [0, 0.1) is 0 Å². The normalized spacial score (nSPS) is 9.81. The van der Waals surface area contributed by atoms with Gasteiger partial charge in [0.25, 0.3) is 0 Å². The van der Waals surface area contributed by atoms with Gasteiger partial charge in [0.15, 0.2) is 11.5 Å². The molecule has 2 aromatic carbocycles. The highest BCUT2D eigenvalue weighted by Gasteiger charge is 2.03. The Morgan fingerprint density at radius 3 is 2.38 bits per heavy atom. The van der Waals surface area contributed by atoms with Gasteiger partial charge in [-0.15, -0.1) is 0 Å². The van der Waals surface area contributed by atoms with E-state index in [2.05, 4.69) is 0 Å². The number of hydrogen-bond donors (Lipinski definition) is 1.